The van der Waals surface area contributed by atoms with Crippen LogP contribution in [0.5, 0.6) is 0 Å². The van der Waals surface area contributed by atoms with Crippen LogP contribution in [0, 0.1) is 5.92 Å². The van der Waals surface area contributed by atoms with E-state index in [4.69, 9.17) is 5.73 Å². The van der Waals surface area contributed by atoms with Gasteiger partial charge in [0.15, 0.2) is 0 Å². The number of nitrogens with two attached hydrogens (primary N) is 1. The molecule has 17 heavy (non-hydrogen) atoms. The van der Waals surface area contributed by atoms with Gasteiger partial charge in [-0.2, -0.15) is 0 Å². The van der Waals surface area contributed by atoms with E-state index in [2.05, 4.69) is 56.9 Å². The molecule has 2 atom stereocenters. The largest absolute Gasteiger partial charge is 0.371 e. The standard InChI is InChI=1S/C15H26N2/c1-5-12(3)11-17(6-2)15-10-8-7-9-14(15)13(4)16/h7-10,12-13H,5-6,11,16H2,1-4H3/t12?,13-/m0/s1. The van der Waals surface area contributed by atoms with Crippen molar-refractivity contribution >= 4 is 5.69 Å². The van der Waals surface area contributed by atoms with Crippen molar-refractivity contribution in [2.75, 3.05) is 18.0 Å². The summed E-state index contributed by atoms with van der Waals surface area (Å²) in [6.45, 7) is 11.0. The van der Waals surface area contributed by atoms with Crippen LogP contribution in [0.3, 0.4) is 0 Å². The second-order valence-corrected chi connectivity index (χ2v) is 4.90. The van der Waals surface area contributed by atoms with Crippen molar-refractivity contribution in [2.24, 2.45) is 11.7 Å². The maximum atomic E-state index is 6.04. The average molecular weight is 234 g/mol. The first-order valence-electron chi connectivity index (χ1n) is 6.69. The molecule has 1 aromatic rings. The fourth-order valence-electron chi connectivity index (χ4n) is 2.06. The topological polar surface area (TPSA) is 29.3 Å². The fraction of sp³-hybridized carbons (Fsp3) is 0.600. The predicted molar refractivity (Wildman–Crippen MR) is 76.4 cm³/mol. The van der Waals surface area contributed by atoms with Crippen LogP contribution in [0.1, 0.15) is 45.7 Å². The number of para-hydroxylation sites is 1. The molecule has 0 spiro atoms. The molecule has 2 nitrogen and oxygen atoms in total. The molecule has 0 bridgehead atoms. The SMILES string of the molecule is CCC(C)CN(CC)c1ccccc1[C@H](C)N. The third-order valence-electron chi connectivity index (χ3n) is 3.38. The molecule has 0 amide bonds. The van der Waals surface area contributed by atoms with Crippen LogP contribution in [0.4, 0.5) is 5.69 Å². The molecule has 0 fully saturated rings. The summed E-state index contributed by atoms with van der Waals surface area (Å²) in [5.41, 5.74) is 8.59. The van der Waals surface area contributed by atoms with Gasteiger partial charge in [0.05, 0.1) is 0 Å². The molecule has 2 N–H and O–H groups in total. The Morgan fingerprint density at radius 2 is 1.82 bits per heavy atom. The summed E-state index contributed by atoms with van der Waals surface area (Å²) >= 11 is 0. The van der Waals surface area contributed by atoms with Gasteiger partial charge in [-0.3, -0.25) is 0 Å². The van der Waals surface area contributed by atoms with Gasteiger partial charge in [-0.1, -0.05) is 38.5 Å². The Bertz CT molecular complexity index is 333. The number of benzene rings is 1. The first kappa shape index (κ1) is 14.0. The highest BCUT2D eigenvalue weighted by atomic mass is 15.1. The van der Waals surface area contributed by atoms with Crippen LogP contribution < -0.4 is 10.6 Å². The zero-order chi connectivity index (χ0) is 12.8. The minimum atomic E-state index is 0.0946. The fourth-order valence-corrected chi connectivity index (χ4v) is 2.06. The Kier molecular flexibility index (Phi) is 5.49. The molecule has 1 rings (SSSR count). The summed E-state index contributed by atoms with van der Waals surface area (Å²) in [6, 6.07) is 8.58. The number of anilines is 1. The number of hydrogen-bond donors (Lipinski definition) is 1. The highest BCUT2D eigenvalue weighted by molar-refractivity contribution is 5.54. The van der Waals surface area contributed by atoms with Gasteiger partial charge < -0.3 is 10.6 Å². The monoisotopic (exact) mass is 234 g/mol. The Hall–Kier alpha value is -1.02. The Morgan fingerprint density at radius 3 is 2.35 bits per heavy atom. The first-order chi connectivity index (χ1) is 8.10. The van der Waals surface area contributed by atoms with Gasteiger partial charge in [0.2, 0.25) is 0 Å². The van der Waals surface area contributed by atoms with Crippen molar-refractivity contribution in [2.45, 2.75) is 40.2 Å². The lowest BCUT2D eigenvalue weighted by molar-refractivity contribution is 0.546. The molecule has 96 valence electrons. The number of hydrogen-bond acceptors (Lipinski definition) is 2. The zero-order valence-corrected chi connectivity index (χ0v) is 11.6. The van der Waals surface area contributed by atoms with Crippen molar-refractivity contribution in [3.8, 4) is 0 Å². The second-order valence-electron chi connectivity index (χ2n) is 4.90. The first-order valence-corrected chi connectivity index (χ1v) is 6.69. The quantitative estimate of drug-likeness (QED) is 0.815. The highest BCUT2D eigenvalue weighted by Crippen LogP contribution is 2.25. The van der Waals surface area contributed by atoms with Gasteiger partial charge in [-0.15, -0.1) is 0 Å². The summed E-state index contributed by atoms with van der Waals surface area (Å²) in [4.78, 5) is 2.44. The van der Waals surface area contributed by atoms with Crippen molar-refractivity contribution in [3.05, 3.63) is 29.8 Å². The maximum Gasteiger partial charge on any atom is 0.0414 e. The van der Waals surface area contributed by atoms with Gasteiger partial charge in [0, 0.05) is 24.8 Å². The van der Waals surface area contributed by atoms with Crippen molar-refractivity contribution < 1.29 is 0 Å². The van der Waals surface area contributed by atoms with Crippen LogP contribution in [0.2, 0.25) is 0 Å². The lowest BCUT2D eigenvalue weighted by atomic mass is 10.0. The smallest absolute Gasteiger partial charge is 0.0414 e. The van der Waals surface area contributed by atoms with Gasteiger partial charge in [0.1, 0.15) is 0 Å². The van der Waals surface area contributed by atoms with Crippen LogP contribution in [-0.2, 0) is 0 Å². The molecule has 0 radical (unpaired) electrons. The summed E-state index contributed by atoms with van der Waals surface area (Å²) < 4.78 is 0. The summed E-state index contributed by atoms with van der Waals surface area (Å²) in [5.74, 6) is 0.719. The number of rotatable bonds is 6. The van der Waals surface area contributed by atoms with Crippen molar-refractivity contribution in [3.63, 3.8) is 0 Å². The molecular weight excluding hydrogens is 208 g/mol. The van der Waals surface area contributed by atoms with E-state index in [1.54, 1.807) is 0 Å². The molecule has 0 aliphatic rings. The molecule has 0 saturated carbocycles. The molecular formula is C15H26N2. The third kappa shape index (κ3) is 3.74. The van der Waals surface area contributed by atoms with Crippen LogP contribution >= 0.6 is 0 Å². The lowest BCUT2D eigenvalue weighted by Crippen LogP contribution is -2.29. The zero-order valence-electron chi connectivity index (χ0n) is 11.6. The Labute approximate surface area is 106 Å². The van der Waals surface area contributed by atoms with Crippen molar-refractivity contribution in [1.82, 2.24) is 0 Å². The summed E-state index contributed by atoms with van der Waals surface area (Å²) in [5, 5.41) is 0. The number of nitrogens with zero attached hydrogens (tertiary/aromatic N) is 1. The maximum absolute atomic E-state index is 6.04. The lowest BCUT2D eigenvalue weighted by Gasteiger charge is -2.29. The Morgan fingerprint density at radius 1 is 1.18 bits per heavy atom. The van der Waals surface area contributed by atoms with E-state index < -0.39 is 0 Å². The van der Waals surface area contributed by atoms with Crippen molar-refractivity contribution in [1.29, 1.82) is 0 Å². The average Bonchev–Trinajstić information content (AvgIpc) is 2.35. The van der Waals surface area contributed by atoms with Gasteiger partial charge in [-0.05, 0) is 31.4 Å². The van der Waals surface area contributed by atoms with E-state index in [9.17, 15) is 0 Å². The predicted octanol–water partition coefficient (Wildman–Crippen LogP) is 3.58. The molecule has 1 unspecified atom stereocenters. The highest BCUT2D eigenvalue weighted by Gasteiger charge is 2.13. The summed E-state index contributed by atoms with van der Waals surface area (Å²) in [6.07, 6.45) is 1.22. The van der Waals surface area contributed by atoms with Crippen LogP contribution in [0.25, 0.3) is 0 Å². The second kappa shape index (κ2) is 6.65. The van der Waals surface area contributed by atoms with E-state index >= 15 is 0 Å². The summed E-state index contributed by atoms with van der Waals surface area (Å²) in [7, 11) is 0. The molecule has 2 heteroatoms. The molecule has 0 aliphatic heterocycles. The van der Waals surface area contributed by atoms with Gasteiger partial charge in [0.25, 0.3) is 0 Å². The normalized spacial score (nSPS) is 14.4. The Balaban J connectivity index is 2.94. The van der Waals surface area contributed by atoms with Gasteiger partial charge >= 0.3 is 0 Å². The van der Waals surface area contributed by atoms with E-state index in [1.807, 2.05) is 0 Å². The van der Waals surface area contributed by atoms with Crippen LogP contribution in [-0.4, -0.2) is 13.1 Å². The van der Waals surface area contributed by atoms with E-state index in [-0.39, 0.29) is 6.04 Å². The third-order valence-corrected chi connectivity index (χ3v) is 3.38. The van der Waals surface area contributed by atoms with E-state index in [0.29, 0.717) is 0 Å². The van der Waals surface area contributed by atoms with E-state index in [1.165, 1.54) is 17.7 Å². The molecule has 1 aromatic carbocycles. The molecule has 0 heterocycles. The molecule has 0 aromatic heterocycles. The minimum Gasteiger partial charge on any atom is -0.371 e. The van der Waals surface area contributed by atoms with Gasteiger partial charge in [-0.25, -0.2) is 0 Å². The van der Waals surface area contributed by atoms with E-state index in [0.717, 1.165) is 19.0 Å². The van der Waals surface area contributed by atoms with Crippen LogP contribution in [0.15, 0.2) is 24.3 Å². The molecule has 0 saturated heterocycles. The minimum absolute atomic E-state index is 0.0946. The molecule has 0 aliphatic carbocycles.